The predicted molar refractivity (Wildman–Crippen MR) is 141 cm³/mol. The van der Waals surface area contributed by atoms with E-state index in [1.165, 1.54) is 36.0 Å². The molecule has 0 bridgehead atoms. The van der Waals surface area contributed by atoms with Gasteiger partial charge in [-0.05, 0) is 47.5 Å². The first kappa shape index (κ1) is 27.6. The number of rotatable bonds is 10. The summed E-state index contributed by atoms with van der Waals surface area (Å²) in [5.74, 6) is 0.687. The molecule has 0 aliphatic carbocycles. The van der Waals surface area contributed by atoms with Crippen LogP contribution in [-0.2, 0) is 25.0 Å². The maximum atomic E-state index is 12.9. The predicted octanol–water partition coefficient (Wildman–Crippen LogP) is 6.28. The second-order valence-corrected chi connectivity index (χ2v) is 9.32. The van der Waals surface area contributed by atoms with Crippen molar-refractivity contribution in [1.82, 2.24) is 20.1 Å². The minimum Gasteiger partial charge on any atom is -0.348 e. The van der Waals surface area contributed by atoms with Crippen LogP contribution in [0, 0.1) is 10.1 Å². The van der Waals surface area contributed by atoms with E-state index in [4.69, 9.17) is 0 Å². The molecular formula is C27H22F3N5O3S. The molecule has 39 heavy (non-hydrogen) atoms. The quantitative estimate of drug-likeness (QED) is 0.107. The van der Waals surface area contributed by atoms with E-state index >= 15 is 0 Å². The number of aromatic nitrogens is 3. The molecule has 200 valence electrons. The van der Waals surface area contributed by atoms with Crippen LogP contribution >= 0.6 is 11.8 Å². The highest BCUT2D eigenvalue weighted by molar-refractivity contribution is 7.98. The van der Waals surface area contributed by atoms with Crippen molar-refractivity contribution >= 4 is 23.4 Å². The summed E-state index contributed by atoms with van der Waals surface area (Å²) in [6, 6.07) is 17.8. The zero-order chi connectivity index (χ0) is 28.0. The monoisotopic (exact) mass is 553 g/mol. The van der Waals surface area contributed by atoms with Gasteiger partial charge in [0.2, 0.25) is 0 Å². The average Bonchev–Trinajstić information content (AvgIpc) is 3.33. The van der Waals surface area contributed by atoms with Crippen LogP contribution in [0.5, 0.6) is 0 Å². The normalized spacial score (nSPS) is 11.3. The van der Waals surface area contributed by atoms with Crippen molar-refractivity contribution in [3.8, 4) is 11.4 Å². The number of nitro benzene ring substituents is 1. The number of nitro groups is 1. The first-order chi connectivity index (χ1) is 18.7. The molecule has 1 heterocycles. The summed E-state index contributed by atoms with van der Waals surface area (Å²) in [5, 5.41) is 22.7. The molecule has 0 saturated heterocycles. The topological polar surface area (TPSA) is 103 Å². The highest BCUT2D eigenvalue weighted by Crippen LogP contribution is 2.30. The van der Waals surface area contributed by atoms with Gasteiger partial charge in [0.05, 0.1) is 10.5 Å². The smallest absolute Gasteiger partial charge is 0.348 e. The van der Waals surface area contributed by atoms with Crippen LogP contribution in [0.25, 0.3) is 11.4 Å². The lowest BCUT2D eigenvalue weighted by molar-refractivity contribution is -0.384. The van der Waals surface area contributed by atoms with Crippen molar-refractivity contribution < 1.29 is 22.9 Å². The molecule has 4 rings (SSSR count). The van der Waals surface area contributed by atoms with Crippen molar-refractivity contribution in [2.24, 2.45) is 0 Å². The highest BCUT2D eigenvalue weighted by Gasteiger charge is 2.30. The summed E-state index contributed by atoms with van der Waals surface area (Å²) >= 11 is 1.43. The number of halogens is 3. The second kappa shape index (κ2) is 11.9. The Bertz CT molecular complexity index is 1490. The molecule has 1 aromatic heterocycles. The van der Waals surface area contributed by atoms with E-state index in [0.717, 1.165) is 17.7 Å². The van der Waals surface area contributed by atoms with Crippen molar-refractivity contribution in [2.75, 3.05) is 0 Å². The van der Waals surface area contributed by atoms with Crippen LogP contribution in [0.1, 0.15) is 27.0 Å². The molecular weight excluding hydrogens is 531 g/mol. The number of non-ortho nitro benzene ring substituents is 1. The Kier molecular flexibility index (Phi) is 8.45. The van der Waals surface area contributed by atoms with E-state index in [0.29, 0.717) is 40.0 Å². The molecule has 4 aromatic rings. The van der Waals surface area contributed by atoms with Crippen molar-refractivity contribution in [2.45, 2.75) is 30.2 Å². The number of carbonyl (C=O) groups excluding carboxylic acids is 1. The fraction of sp³-hybridized carbons (Fsp3) is 0.148. The van der Waals surface area contributed by atoms with Gasteiger partial charge >= 0.3 is 6.18 Å². The number of alkyl halides is 3. The average molecular weight is 554 g/mol. The number of carbonyl (C=O) groups is 1. The lowest BCUT2D eigenvalue weighted by Gasteiger charge is -2.10. The van der Waals surface area contributed by atoms with E-state index in [-0.39, 0.29) is 12.2 Å². The van der Waals surface area contributed by atoms with Crippen LogP contribution in [0.2, 0.25) is 0 Å². The molecule has 0 spiro atoms. The SMILES string of the molecule is C=CCn1c(SCc2ccc(C(=O)NCc3cccc(C(F)(F)F)c3)cc2)nnc1-c1ccc([N+](=O)[O-])cc1. The van der Waals surface area contributed by atoms with Gasteiger partial charge in [0.15, 0.2) is 11.0 Å². The second-order valence-electron chi connectivity index (χ2n) is 8.38. The van der Waals surface area contributed by atoms with Crippen molar-refractivity contribution in [3.63, 3.8) is 0 Å². The van der Waals surface area contributed by atoms with Gasteiger partial charge in [0.25, 0.3) is 11.6 Å². The number of allylic oxidation sites excluding steroid dienone is 1. The molecule has 1 N–H and O–H groups in total. The summed E-state index contributed by atoms with van der Waals surface area (Å²) in [6.45, 7) is 4.19. The summed E-state index contributed by atoms with van der Waals surface area (Å²) in [6.07, 6.45) is -2.74. The van der Waals surface area contributed by atoms with Gasteiger partial charge in [-0.2, -0.15) is 13.2 Å². The largest absolute Gasteiger partial charge is 0.416 e. The lowest BCUT2D eigenvalue weighted by atomic mass is 10.1. The fourth-order valence-electron chi connectivity index (χ4n) is 3.68. The van der Waals surface area contributed by atoms with Gasteiger partial charge in [0.1, 0.15) is 0 Å². The molecule has 0 unspecified atom stereocenters. The van der Waals surface area contributed by atoms with Gasteiger partial charge in [-0.25, -0.2) is 0 Å². The molecule has 0 aliphatic rings. The van der Waals surface area contributed by atoms with Crippen molar-refractivity contribution in [3.05, 3.63) is 118 Å². The Balaban J connectivity index is 1.38. The van der Waals surface area contributed by atoms with Crippen LogP contribution in [-0.4, -0.2) is 25.6 Å². The Morgan fingerprint density at radius 2 is 1.77 bits per heavy atom. The zero-order valence-electron chi connectivity index (χ0n) is 20.4. The molecule has 3 aromatic carbocycles. The highest BCUT2D eigenvalue weighted by atomic mass is 32.2. The molecule has 0 fully saturated rings. The summed E-state index contributed by atoms with van der Waals surface area (Å²) < 4.78 is 40.5. The van der Waals surface area contributed by atoms with Gasteiger partial charge in [0, 0.05) is 42.1 Å². The number of thioether (sulfide) groups is 1. The number of benzene rings is 3. The summed E-state index contributed by atoms with van der Waals surface area (Å²) in [7, 11) is 0. The summed E-state index contributed by atoms with van der Waals surface area (Å²) in [5.41, 5.74) is 1.55. The first-order valence-corrected chi connectivity index (χ1v) is 12.6. The Morgan fingerprint density at radius 3 is 2.41 bits per heavy atom. The van der Waals surface area contributed by atoms with E-state index in [2.05, 4.69) is 22.1 Å². The fourth-order valence-corrected chi connectivity index (χ4v) is 4.58. The van der Waals surface area contributed by atoms with Gasteiger partial charge in [-0.15, -0.1) is 16.8 Å². The number of amides is 1. The van der Waals surface area contributed by atoms with E-state index in [9.17, 15) is 28.1 Å². The number of nitrogens with one attached hydrogen (secondary N) is 1. The molecule has 0 radical (unpaired) electrons. The van der Waals surface area contributed by atoms with Gasteiger partial charge < -0.3 is 5.32 Å². The molecule has 12 heteroatoms. The zero-order valence-corrected chi connectivity index (χ0v) is 21.2. The molecule has 8 nitrogen and oxygen atoms in total. The van der Waals surface area contributed by atoms with E-state index in [1.54, 1.807) is 42.5 Å². The lowest BCUT2D eigenvalue weighted by Crippen LogP contribution is -2.23. The Labute approximate surface area is 225 Å². The van der Waals surface area contributed by atoms with Crippen LogP contribution < -0.4 is 5.32 Å². The Hall–Kier alpha value is -4.45. The third-order valence-electron chi connectivity index (χ3n) is 5.66. The summed E-state index contributed by atoms with van der Waals surface area (Å²) in [4.78, 5) is 23.0. The van der Waals surface area contributed by atoms with Gasteiger partial charge in [-0.3, -0.25) is 19.5 Å². The number of hydrogen-bond donors (Lipinski definition) is 1. The maximum Gasteiger partial charge on any atom is 0.416 e. The maximum absolute atomic E-state index is 12.9. The first-order valence-electron chi connectivity index (χ1n) is 11.6. The third-order valence-corrected chi connectivity index (χ3v) is 6.69. The molecule has 0 aliphatic heterocycles. The molecule has 0 saturated carbocycles. The van der Waals surface area contributed by atoms with E-state index < -0.39 is 22.6 Å². The standard InChI is InChI=1S/C27H22F3N5O3S/c1-2-14-34-24(20-10-12-23(13-11-20)35(37)38)32-33-26(34)39-17-18-6-8-21(9-7-18)25(36)31-16-19-4-3-5-22(15-19)27(28,29)30/h2-13,15H,1,14,16-17H2,(H,31,36). The van der Waals surface area contributed by atoms with E-state index in [1.807, 2.05) is 4.57 Å². The molecule has 1 amide bonds. The van der Waals surface area contributed by atoms with Gasteiger partial charge in [-0.1, -0.05) is 42.1 Å². The van der Waals surface area contributed by atoms with Crippen molar-refractivity contribution in [1.29, 1.82) is 0 Å². The van der Waals surface area contributed by atoms with Crippen LogP contribution in [0.3, 0.4) is 0 Å². The Morgan fingerprint density at radius 1 is 1.05 bits per heavy atom. The molecule has 0 atom stereocenters. The number of hydrogen-bond acceptors (Lipinski definition) is 6. The minimum atomic E-state index is -4.45. The van der Waals surface area contributed by atoms with Crippen LogP contribution in [0.15, 0.2) is 90.6 Å². The minimum absolute atomic E-state index is 0.0177. The van der Waals surface area contributed by atoms with Crippen LogP contribution in [0.4, 0.5) is 18.9 Å². The third kappa shape index (κ3) is 6.90. The number of nitrogens with zero attached hydrogens (tertiary/aromatic N) is 4.